The molecule has 0 bridgehead atoms. The van der Waals surface area contributed by atoms with Gasteiger partial charge in [-0.05, 0) is 53.3 Å². The minimum atomic E-state index is -1.77. The number of rotatable bonds is 9. The Labute approximate surface area is 168 Å². The van der Waals surface area contributed by atoms with Crippen LogP contribution in [0.4, 0.5) is 0 Å². The Hall–Kier alpha value is -0.373. The summed E-state index contributed by atoms with van der Waals surface area (Å²) in [6.45, 7) is 14.7. The van der Waals surface area contributed by atoms with Crippen molar-refractivity contribution < 1.29 is 13.9 Å². The highest BCUT2D eigenvalue weighted by Crippen LogP contribution is 2.36. The molecule has 0 saturated carbocycles. The molecule has 0 N–H and O–H groups in total. The molecule has 1 aromatic carbocycles. The molecule has 3 nitrogen and oxygen atoms in total. The van der Waals surface area contributed by atoms with E-state index in [-0.39, 0.29) is 11.1 Å². The number of ether oxygens (including phenoxy) is 2. The fraction of sp³-hybridized carbons (Fsp3) is 0.600. The SMILES string of the molecule is COc1ccc(CO[C@@H](CO[Si](C)(C)C(C)(C)C)C/C(C)=C/I)cc1. The first-order chi connectivity index (χ1) is 11.6. The lowest BCUT2D eigenvalue weighted by Crippen LogP contribution is -2.43. The summed E-state index contributed by atoms with van der Waals surface area (Å²) in [6.07, 6.45) is 0.968. The van der Waals surface area contributed by atoms with Crippen LogP contribution in [0.15, 0.2) is 33.9 Å². The number of hydrogen-bond donors (Lipinski definition) is 0. The van der Waals surface area contributed by atoms with Gasteiger partial charge >= 0.3 is 0 Å². The average molecular weight is 476 g/mol. The van der Waals surface area contributed by atoms with Crippen molar-refractivity contribution in [2.45, 2.75) is 65.0 Å². The maximum absolute atomic E-state index is 6.39. The maximum Gasteiger partial charge on any atom is 0.192 e. The zero-order chi connectivity index (χ0) is 19.1. The van der Waals surface area contributed by atoms with Crippen LogP contribution in [0.3, 0.4) is 0 Å². The molecule has 0 unspecified atom stereocenters. The van der Waals surface area contributed by atoms with Crippen molar-refractivity contribution in [3.8, 4) is 5.75 Å². The normalized spacial score (nSPS) is 14.5. The molecule has 0 fully saturated rings. The molecule has 0 saturated heterocycles. The molecule has 0 aliphatic rings. The van der Waals surface area contributed by atoms with Crippen molar-refractivity contribution >= 4 is 30.9 Å². The second kappa shape index (κ2) is 10.1. The summed E-state index contributed by atoms with van der Waals surface area (Å²) in [5.74, 6) is 0.866. The van der Waals surface area contributed by atoms with E-state index in [1.54, 1.807) is 7.11 Å². The van der Waals surface area contributed by atoms with Crippen LogP contribution in [0.1, 0.15) is 39.7 Å². The lowest BCUT2D eigenvalue weighted by molar-refractivity contribution is 0.00661. The van der Waals surface area contributed by atoms with E-state index >= 15 is 0 Å². The third-order valence-corrected chi connectivity index (χ3v) is 10.4. The molecule has 0 aliphatic heterocycles. The van der Waals surface area contributed by atoms with Crippen LogP contribution in [0.25, 0.3) is 0 Å². The van der Waals surface area contributed by atoms with Crippen molar-refractivity contribution in [2.24, 2.45) is 0 Å². The number of benzene rings is 1. The van der Waals surface area contributed by atoms with Crippen LogP contribution in [0.5, 0.6) is 5.75 Å². The molecular weight excluding hydrogens is 443 g/mol. The summed E-state index contributed by atoms with van der Waals surface area (Å²) in [5, 5.41) is 0.210. The lowest BCUT2D eigenvalue weighted by Gasteiger charge is -2.37. The van der Waals surface area contributed by atoms with E-state index in [0.29, 0.717) is 13.2 Å². The second-order valence-corrected chi connectivity index (χ2v) is 13.4. The first-order valence-electron chi connectivity index (χ1n) is 8.73. The average Bonchev–Trinajstić information content (AvgIpc) is 2.56. The summed E-state index contributed by atoms with van der Waals surface area (Å²) in [7, 11) is -0.0880. The molecule has 0 aliphatic carbocycles. The summed E-state index contributed by atoms with van der Waals surface area (Å²) in [5.41, 5.74) is 2.47. The van der Waals surface area contributed by atoms with Crippen molar-refractivity contribution in [2.75, 3.05) is 13.7 Å². The van der Waals surface area contributed by atoms with Crippen LogP contribution in [0, 0.1) is 0 Å². The van der Waals surface area contributed by atoms with Gasteiger partial charge in [-0.3, -0.25) is 0 Å². The van der Waals surface area contributed by atoms with E-state index in [1.807, 2.05) is 24.3 Å². The second-order valence-electron chi connectivity index (χ2n) is 8.01. The van der Waals surface area contributed by atoms with Gasteiger partial charge in [0.1, 0.15) is 5.75 Å². The first kappa shape index (κ1) is 22.7. The van der Waals surface area contributed by atoms with E-state index < -0.39 is 8.32 Å². The Morgan fingerprint density at radius 2 is 1.80 bits per heavy atom. The Balaban J connectivity index is 2.69. The Kier molecular flexibility index (Phi) is 9.15. The van der Waals surface area contributed by atoms with E-state index in [4.69, 9.17) is 13.9 Å². The summed E-state index contributed by atoms with van der Waals surface area (Å²) < 4.78 is 19.9. The van der Waals surface area contributed by atoms with Gasteiger partial charge < -0.3 is 13.9 Å². The van der Waals surface area contributed by atoms with Gasteiger partial charge in [0.15, 0.2) is 8.32 Å². The van der Waals surface area contributed by atoms with Crippen LogP contribution < -0.4 is 4.74 Å². The molecule has 1 rings (SSSR count). The molecule has 0 radical (unpaired) electrons. The molecular formula is C20H33IO3Si. The fourth-order valence-electron chi connectivity index (χ4n) is 2.02. The Bertz CT molecular complexity index is 547. The molecule has 1 atom stereocenters. The van der Waals surface area contributed by atoms with Crippen LogP contribution in [-0.2, 0) is 15.8 Å². The molecule has 5 heteroatoms. The van der Waals surface area contributed by atoms with E-state index in [2.05, 4.69) is 67.5 Å². The largest absolute Gasteiger partial charge is 0.497 e. The summed E-state index contributed by atoms with van der Waals surface area (Å²) in [4.78, 5) is 0. The highest BCUT2D eigenvalue weighted by atomic mass is 127. The van der Waals surface area contributed by atoms with Crippen molar-refractivity contribution in [1.29, 1.82) is 0 Å². The van der Waals surface area contributed by atoms with Gasteiger partial charge in [-0.15, -0.1) is 0 Å². The standard InChI is InChI=1S/C20H33IO3Si/c1-16(13-21)12-19(15-24-25(6,7)20(2,3)4)23-14-17-8-10-18(22-5)11-9-17/h8-11,13,19H,12,14-15H2,1-7H3/b16-13+/t19-/m1/s1. The monoisotopic (exact) mass is 476 g/mol. The smallest absolute Gasteiger partial charge is 0.192 e. The third-order valence-electron chi connectivity index (χ3n) is 4.82. The highest BCUT2D eigenvalue weighted by molar-refractivity contribution is 14.1. The molecule has 0 spiro atoms. The van der Waals surface area contributed by atoms with Gasteiger partial charge in [-0.1, -0.05) is 61.1 Å². The predicted molar refractivity (Wildman–Crippen MR) is 117 cm³/mol. The molecule has 25 heavy (non-hydrogen) atoms. The maximum atomic E-state index is 6.39. The summed E-state index contributed by atoms with van der Waals surface area (Å²) in [6, 6.07) is 8.03. The minimum absolute atomic E-state index is 0.0715. The molecule has 142 valence electrons. The molecule has 1 aromatic rings. The number of methoxy groups -OCH3 is 1. The Morgan fingerprint density at radius 3 is 2.28 bits per heavy atom. The zero-order valence-electron chi connectivity index (χ0n) is 16.7. The quantitative estimate of drug-likeness (QED) is 0.308. The number of hydrogen-bond acceptors (Lipinski definition) is 3. The van der Waals surface area contributed by atoms with Gasteiger partial charge in [0.05, 0.1) is 26.4 Å². The highest BCUT2D eigenvalue weighted by Gasteiger charge is 2.37. The van der Waals surface area contributed by atoms with Gasteiger partial charge in [0, 0.05) is 0 Å². The van der Waals surface area contributed by atoms with E-state index in [1.165, 1.54) is 5.57 Å². The fourth-order valence-corrected chi connectivity index (χ4v) is 3.31. The van der Waals surface area contributed by atoms with Crippen molar-refractivity contribution in [3.05, 3.63) is 39.5 Å². The van der Waals surface area contributed by atoms with Gasteiger partial charge in [-0.25, -0.2) is 0 Å². The van der Waals surface area contributed by atoms with Crippen molar-refractivity contribution in [3.63, 3.8) is 0 Å². The topological polar surface area (TPSA) is 27.7 Å². The van der Waals surface area contributed by atoms with Crippen LogP contribution >= 0.6 is 22.6 Å². The molecule has 0 heterocycles. The molecule has 0 amide bonds. The van der Waals surface area contributed by atoms with E-state index in [9.17, 15) is 0 Å². The first-order valence-corrected chi connectivity index (χ1v) is 12.9. The minimum Gasteiger partial charge on any atom is -0.497 e. The van der Waals surface area contributed by atoms with Crippen LogP contribution in [0.2, 0.25) is 18.1 Å². The third kappa shape index (κ3) is 7.81. The van der Waals surface area contributed by atoms with E-state index in [0.717, 1.165) is 17.7 Å². The van der Waals surface area contributed by atoms with Gasteiger partial charge in [0.25, 0.3) is 0 Å². The van der Waals surface area contributed by atoms with Gasteiger partial charge in [-0.2, -0.15) is 0 Å². The predicted octanol–water partition coefficient (Wildman–Crippen LogP) is 6.33. The van der Waals surface area contributed by atoms with Crippen LogP contribution in [-0.4, -0.2) is 28.1 Å². The Morgan fingerprint density at radius 1 is 1.20 bits per heavy atom. The molecule has 0 aromatic heterocycles. The van der Waals surface area contributed by atoms with Gasteiger partial charge in [0.2, 0.25) is 0 Å². The lowest BCUT2D eigenvalue weighted by atomic mass is 10.1. The summed E-state index contributed by atoms with van der Waals surface area (Å²) >= 11 is 2.29. The zero-order valence-corrected chi connectivity index (χ0v) is 19.8. The van der Waals surface area contributed by atoms with Crippen molar-refractivity contribution in [1.82, 2.24) is 0 Å². The number of halogens is 1.